The van der Waals surface area contributed by atoms with Crippen LogP contribution in [0.5, 0.6) is 11.5 Å². The second kappa shape index (κ2) is 9.46. The zero-order chi connectivity index (χ0) is 18.9. The molecule has 26 heavy (non-hydrogen) atoms. The van der Waals surface area contributed by atoms with Crippen LogP contribution in [-0.2, 0) is 4.79 Å². The molecule has 0 aliphatic rings. The number of carbonyl (C=O) groups is 1. The number of aromatic nitrogens is 1. The fourth-order valence-electron chi connectivity index (χ4n) is 2.44. The number of benzene rings is 1. The number of rotatable bonds is 8. The van der Waals surface area contributed by atoms with E-state index in [9.17, 15) is 9.59 Å². The van der Waals surface area contributed by atoms with E-state index >= 15 is 0 Å². The monoisotopic (exact) mass is 356 g/mol. The van der Waals surface area contributed by atoms with E-state index in [1.807, 2.05) is 6.92 Å². The quantitative estimate of drug-likeness (QED) is 0.583. The van der Waals surface area contributed by atoms with Gasteiger partial charge in [0.25, 0.3) is 11.5 Å². The lowest BCUT2D eigenvalue weighted by atomic mass is 10.1. The summed E-state index contributed by atoms with van der Waals surface area (Å²) in [7, 11) is 3.11. The molecule has 0 saturated heterocycles. The molecule has 0 fully saturated rings. The number of hydrogen-bond acceptors (Lipinski definition) is 4. The van der Waals surface area contributed by atoms with Crippen molar-refractivity contribution in [2.45, 2.75) is 19.8 Å². The summed E-state index contributed by atoms with van der Waals surface area (Å²) >= 11 is 0. The number of ether oxygens (including phenoxy) is 2. The van der Waals surface area contributed by atoms with Crippen LogP contribution < -0.4 is 20.3 Å². The van der Waals surface area contributed by atoms with Crippen LogP contribution in [0.3, 0.4) is 0 Å². The Morgan fingerprint density at radius 2 is 1.92 bits per heavy atom. The van der Waals surface area contributed by atoms with Gasteiger partial charge in [0.2, 0.25) is 0 Å². The number of methoxy groups -OCH3 is 2. The highest BCUT2D eigenvalue weighted by molar-refractivity contribution is 6.18. The van der Waals surface area contributed by atoms with Crippen molar-refractivity contribution in [2.24, 2.45) is 0 Å². The maximum absolute atomic E-state index is 12.7. The highest BCUT2D eigenvalue weighted by Crippen LogP contribution is 2.28. The number of carbonyl (C=O) groups excluding carboxylic acids is 1. The summed E-state index contributed by atoms with van der Waals surface area (Å²) in [5, 5.41) is 2.86. The zero-order valence-corrected chi connectivity index (χ0v) is 15.3. The third kappa shape index (κ3) is 4.75. The van der Waals surface area contributed by atoms with Gasteiger partial charge in [0, 0.05) is 18.8 Å². The van der Waals surface area contributed by atoms with Gasteiger partial charge in [-0.2, -0.15) is 0 Å². The van der Waals surface area contributed by atoms with Crippen LogP contribution in [0, 0.1) is 0 Å². The normalized spacial score (nSPS) is 11.1. The molecule has 138 valence electrons. The summed E-state index contributed by atoms with van der Waals surface area (Å²) in [6.45, 7) is 2.61. The van der Waals surface area contributed by atoms with Crippen molar-refractivity contribution < 1.29 is 14.3 Å². The molecular weight excluding hydrogens is 332 g/mol. The Morgan fingerprint density at radius 1 is 1.15 bits per heavy atom. The molecule has 0 radical (unpaired) electrons. The van der Waals surface area contributed by atoms with Gasteiger partial charge >= 0.3 is 0 Å². The van der Waals surface area contributed by atoms with Crippen molar-refractivity contribution in [2.75, 3.05) is 20.8 Å². The van der Waals surface area contributed by atoms with Crippen molar-refractivity contribution in [1.82, 2.24) is 9.88 Å². The summed E-state index contributed by atoms with van der Waals surface area (Å²) in [6.07, 6.45) is 5.08. The molecule has 6 heteroatoms. The first-order valence-electron chi connectivity index (χ1n) is 8.50. The van der Waals surface area contributed by atoms with Gasteiger partial charge in [0.1, 0.15) is 5.70 Å². The van der Waals surface area contributed by atoms with E-state index in [-0.39, 0.29) is 17.2 Å². The van der Waals surface area contributed by atoms with Gasteiger partial charge in [0.05, 0.1) is 14.2 Å². The number of unbranched alkanes of at least 4 members (excludes halogenated alkanes) is 1. The Balaban J connectivity index is 2.46. The van der Waals surface area contributed by atoms with Crippen LogP contribution in [0.4, 0.5) is 0 Å². The molecule has 1 aromatic heterocycles. The molecular formula is C20H24N2O4. The summed E-state index contributed by atoms with van der Waals surface area (Å²) in [6, 6.07) is 10.1. The van der Waals surface area contributed by atoms with E-state index in [2.05, 4.69) is 5.32 Å². The first-order chi connectivity index (χ1) is 12.6. The average molecular weight is 356 g/mol. The SMILES string of the molecule is CCCCNC(=O)C(=Cc1ccc(OC)c(OC)c1)n1ccccc1=O. The second-order valence-corrected chi connectivity index (χ2v) is 5.66. The van der Waals surface area contributed by atoms with Crippen molar-refractivity contribution in [1.29, 1.82) is 0 Å². The molecule has 0 unspecified atom stereocenters. The molecule has 0 atom stereocenters. The van der Waals surface area contributed by atoms with Crippen LogP contribution >= 0.6 is 0 Å². The molecule has 0 bridgehead atoms. The largest absolute Gasteiger partial charge is 0.493 e. The van der Waals surface area contributed by atoms with Gasteiger partial charge in [-0.15, -0.1) is 0 Å². The predicted octanol–water partition coefficient (Wildman–Crippen LogP) is 2.78. The van der Waals surface area contributed by atoms with Crippen molar-refractivity contribution in [3.63, 3.8) is 0 Å². The first-order valence-corrected chi connectivity index (χ1v) is 8.50. The molecule has 0 spiro atoms. The topological polar surface area (TPSA) is 69.6 Å². The van der Waals surface area contributed by atoms with E-state index in [0.29, 0.717) is 18.0 Å². The van der Waals surface area contributed by atoms with Crippen LogP contribution in [0.15, 0.2) is 47.4 Å². The van der Waals surface area contributed by atoms with Gasteiger partial charge in [-0.1, -0.05) is 25.5 Å². The Morgan fingerprint density at radius 3 is 2.58 bits per heavy atom. The Labute approximate surface area is 153 Å². The summed E-state index contributed by atoms with van der Waals surface area (Å²) in [5.41, 5.74) is 0.697. The molecule has 1 aromatic carbocycles. The lowest BCUT2D eigenvalue weighted by Gasteiger charge is -2.12. The fraction of sp³-hybridized carbons (Fsp3) is 0.300. The molecule has 0 aliphatic carbocycles. The maximum Gasteiger partial charge on any atom is 0.268 e. The summed E-state index contributed by atoms with van der Waals surface area (Å²) in [4.78, 5) is 24.9. The van der Waals surface area contributed by atoms with Crippen molar-refractivity contribution in [3.05, 3.63) is 58.5 Å². The van der Waals surface area contributed by atoms with Crippen LogP contribution in [0.2, 0.25) is 0 Å². The molecule has 1 amide bonds. The van der Waals surface area contributed by atoms with Gasteiger partial charge in [-0.05, 0) is 36.3 Å². The van der Waals surface area contributed by atoms with E-state index in [1.54, 1.807) is 56.8 Å². The van der Waals surface area contributed by atoms with Gasteiger partial charge in [-0.25, -0.2) is 0 Å². The lowest BCUT2D eigenvalue weighted by Crippen LogP contribution is -2.31. The molecule has 0 saturated carbocycles. The number of nitrogens with one attached hydrogen (secondary N) is 1. The summed E-state index contributed by atoms with van der Waals surface area (Å²) in [5.74, 6) is 0.837. The van der Waals surface area contributed by atoms with Crippen LogP contribution in [0.1, 0.15) is 25.3 Å². The third-order valence-electron chi connectivity index (χ3n) is 3.84. The fourth-order valence-corrected chi connectivity index (χ4v) is 2.44. The van der Waals surface area contributed by atoms with Gasteiger partial charge in [0.15, 0.2) is 11.5 Å². The zero-order valence-electron chi connectivity index (χ0n) is 15.3. The second-order valence-electron chi connectivity index (χ2n) is 5.66. The number of nitrogens with zero attached hydrogens (tertiary/aromatic N) is 1. The smallest absolute Gasteiger partial charge is 0.268 e. The van der Waals surface area contributed by atoms with E-state index < -0.39 is 0 Å². The Hall–Kier alpha value is -3.02. The molecule has 1 N–H and O–H groups in total. The molecule has 2 rings (SSSR count). The lowest BCUT2D eigenvalue weighted by molar-refractivity contribution is -0.115. The van der Waals surface area contributed by atoms with Crippen molar-refractivity contribution >= 4 is 17.7 Å². The molecule has 1 heterocycles. The number of pyridine rings is 1. The van der Waals surface area contributed by atoms with E-state index in [0.717, 1.165) is 18.4 Å². The standard InChI is InChI=1S/C20H24N2O4/c1-4-5-11-21-20(24)16(22-12-7-6-8-19(22)23)13-15-9-10-17(25-2)18(14-15)26-3/h6-10,12-14H,4-5,11H2,1-3H3,(H,21,24). The molecule has 2 aromatic rings. The Kier molecular flexibility index (Phi) is 7.02. The highest BCUT2D eigenvalue weighted by Gasteiger charge is 2.13. The Bertz CT molecular complexity index is 840. The molecule has 6 nitrogen and oxygen atoms in total. The van der Waals surface area contributed by atoms with E-state index in [1.165, 1.54) is 10.6 Å². The van der Waals surface area contributed by atoms with E-state index in [4.69, 9.17) is 9.47 Å². The highest BCUT2D eigenvalue weighted by atomic mass is 16.5. The third-order valence-corrected chi connectivity index (χ3v) is 3.84. The van der Waals surface area contributed by atoms with Gasteiger partial charge in [-0.3, -0.25) is 14.2 Å². The number of hydrogen-bond donors (Lipinski definition) is 1. The average Bonchev–Trinajstić information content (AvgIpc) is 2.66. The number of amides is 1. The molecule has 0 aliphatic heterocycles. The first kappa shape index (κ1) is 19.3. The van der Waals surface area contributed by atoms with Crippen molar-refractivity contribution in [3.8, 4) is 11.5 Å². The maximum atomic E-state index is 12.7. The summed E-state index contributed by atoms with van der Waals surface area (Å²) < 4.78 is 11.9. The van der Waals surface area contributed by atoms with Gasteiger partial charge < -0.3 is 14.8 Å². The predicted molar refractivity (Wildman–Crippen MR) is 102 cm³/mol. The van der Waals surface area contributed by atoms with Crippen LogP contribution in [-0.4, -0.2) is 31.2 Å². The minimum atomic E-state index is -0.304. The van der Waals surface area contributed by atoms with Crippen LogP contribution in [0.25, 0.3) is 11.8 Å². The minimum Gasteiger partial charge on any atom is -0.493 e. The minimum absolute atomic E-state index is 0.249.